The Morgan fingerprint density at radius 2 is 2.38 bits per heavy atom. The third-order valence-corrected chi connectivity index (χ3v) is 1.25. The number of carboxylic acid groups (broad SMARTS) is 1. The predicted octanol–water partition coefficient (Wildman–Crippen LogP) is 1.46. The number of carboxylic acids is 1. The molecule has 0 fully saturated rings. The zero-order chi connectivity index (χ0) is 10.3. The summed E-state index contributed by atoms with van der Waals surface area (Å²) in [5.74, 6) is -1.11. The van der Waals surface area contributed by atoms with Gasteiger partial charge in [-0.2, -0.15) is 5.26 Å². The van der Waals surface area contributed by atoms with Gasteiger partial charge in [-0.25, -0.2) is 4.79 Å². The summed E-state index contributed by atoms with van der Waals surface area (Å²) in [6, 6.07) is 1.58. The van der Waals surface area contributed by atoms with Gasteiger partial charge in [0.1, 0.15) is 11.8 Å². The lowest BCUT2D eigenvalue weighted by Gasteiger charge is -2.06. The van der Waals surface area contributed by atoms with Gasteiger partial charge in [0.15, 0.2) is 5.57 Å². The molecule has 0 amide bonds. The Hall–Kier alpha value is -1.76. The Morgan fingerprint density at radius 3 is 2.69 bits per heavy atom. The lowest BCUT2D eigenvalue weighted by Crippen LogP contribution is -2.05. The molecule has 0 saturated heterocycles. The van der Waals surface area contributed by atoms with Crippen molar-refractivity contribution < 1.29 is 14.6 Å². The number of hydrogen-bond acceptors (Lipinski definition) is 3. The standard InChI is InChI=1S/C9H11NO3/c1-3-5-8(13-4-2)7(6-10)9(11)12/h3H,1,4-5H2,2H3,(H,11,12). The van der Waals surface area contributed by atoms with Gasteiger partial charge in [0, 0.05) is 6.42 Å². The summed E-state index contributed by atoms with van der Waals surface area (Å²) in [6.07, 6.45) is 1.74. The number of rotatable bonds is 5. The van der Waals surface area contributed by atoms with E-state index >= 15 is 0 Å². The molecule has 0 unspecified atom stereocenters. The van der Waals surface area contributed by atoms with Gasteiger partial charge in [-0.1, -0.05) is 6.08 Å². The van der Waals surface area contributed by atoms with Gasteiger partial charge in [0.2, 0.25) is 0 Å². The molecular weight excluding hydrogens is 170 g/mol. The maximum absolute atomic E-state index is 10.5. The van der Waals surface area contributed by atoms with Crippen LogP contribution in [0, 0.1) is 11.3 Å². The molecule has 4 nitrogen and oxygen atoms in total. The average Bonchev–Trinajstić information content (AvgIpc) is 2.05. The number of hydrogen-bond donors (Lipinski definition) is 1. The van der Waals surface area contributed by atoms with E-state index in [9.17, 15) is 4.79 Å². The molecule has 0 rings (SSSR count). The maximum Gasteiger partial charge on any atom is 0.349 e. The summed E-state index contributed by atoms with van der Waals surface area (Å²) in [5, 5.41) is 17.1. The Balaban J connectivity index is 4.90. The van der Waals surface area contributed by atoms with Crippen molar-refractivity contribution in [3.63, 3.8) is 0 Å². The Labute approximate surface area is 76.7 Å². The lowest BCUT2D eigenvalue weighted by atomic mass is 10.2. The van der Waals surface area contributed by atoms with Gasteiger partial charge in [-0.15, -0.1) is 6.58 Å². The minimum Gasteiger partial charge on any atom is -0.496 e. The Morgan fingerprint density at radius 1 is 1.77 bits per heavy atom. The van der Waals surface area contributed by atoms with E-state index in [4.69, 9.17) is 15.1 Å². The van der Waals surface area contributed by atoms with Gasteiger partial charge < -0.3 is 9.84 Å². The second-order valence-corrected chi connectivity index (χ2v) is 2.14. The Bertz CT molecular complexity index is 273. The van der Waals surface area contributed by atoms with Crippen LogP contribution in [0.15, 0.2) is 24.0 Å². The molecule has 0 aliphatic rings. The average molecular weight is 181 g/mol. The molecule has 0 aliphatic heterocycles. The molecule has 0 aliphatic carbocycles. The third kappa shape index (κ3) is 3.43. The molecule has 0 heterocycles. The normalized spacial score (nSPS) is 11.1. The van der Waals surface area contributed by atoms with Crippen LogP contribution >= 0.6 is 0 Å². The Kier molecular flexibility index (Phi) is 5.05. The number of ether oxygens (including phenoxy) is 1. The van der Waals surface area contributed by atoms with Crippen LogP contribution in [-0.4, -0.2) is 17.7 Å². The first kappa shape index (κ1) is 11.2. The van der Waals surface area contributed by atoms with E-state index in [0.717, 1.165) is 0 Å². The summed E-state index contributed by atoms with van der Waals surface area (Å²) in [5.41, 5.74) is -0.359. The van der Waals surface area contributed by atoms with Crippen LogP contribution in [0.3, 0.4) is 0 Å². The van der Waals surface area contributed by atoms with Gasteiger partial charge >= 0.3 is 5.97 Å². The van der Waals surface area contributed by atoms with Crippen LogP contribution in [0.2, 0.25) is 0 Å². The van der Waals surface area contributed by atoms with E-state index in [1.165, 1.54) is 6.08 Å². The highest BCUT2D eigenvalue weighted by molar-refractivity contribution is 5.91. The first-order chi connectivity index (χ1) is 6.17. The van der Waals surface area contributed by atoms with E-state index in [2.05, 4.69) is 6.58 Å². The smallest absolute Gasteiger partial charge is 0.349 e. The van der Waals surface area contributed by atoms with Crippen molar-refractivity contribution in [3.05, 3.63) is 24.0 Å². The predicted molar refractivity (Wildman–Crippen MR) is 46.7 cm³/mol. The number of nitrogens with zero attached hydrogens (tertiary/aromatic N) is 1. The molecule has 13 heavy (non-hydrogen) atoms. The summed E-state index contributed by atoms with van der Waals surface area (Å²) in [7, 11) is 0. The number of carbonyl (C=O) groups is 1. The van der Waals surface area contributed by atoms with Crippen LogP contribution in [0.25, 0.3) is 0 Å². The van der Waals surface area contributed by atoms with Crippen molar-refractivity contribution in [1.29, 1.82) is 5.26 Å². The first-order valence-corrected chi connectivity index (χ1v) is 3.77. The highest BCUT2D eigenvalue weighted by Crippen LogP contribution is 2.10. The third-order valence-electron chi connectivity index (χ3n) is 1.25. The molecule has 0 spiro atoms. The molecule has 0 aromatic heterocycles. The number of aliphatic carboxylic acids is 1. The zero-order valence-corrected chi connectivity index (χ0v) is 7.41. The largest absolute Gasteiger partial charge is 0.496 e. The number of allylic oxidation sites excluding steroid dienone is 1. The van der Waals surface area contributed by atoms with Crippen LogP contribution in [0.5, 0.6) is 0 Å². The summed E-state index contributed by atoms with van der Waals surface area (Å²) in [6.45, 7) is 5.50. The number of nitriles is 1. The van der Waals surface area contributed by atoms with Crippen LogP contribution in [0.4, 0.5) is 0 Å². The molecule has 0 atom stereocenters. The van der Waals surface area contributed by atoms with Crippen molar-refractivity contribution >= 4 is 5.97 Å². The van der Waals surface area contributed by atoms with Crippen molar-refractivity contribution in [3.8, 4) is 6.07 Å². The first-order valence-electron chi connectivity index (χ1n) is 3.77. The second-order valence-electron chi connectivity index (χ2n) is 2.14. The highest BCUT2D eigenvalue weighted by Gasteiger charge is 2.13. The lowest BCUT2D eigenvalue weighted by molar-refractivity contribution is -0.132. The molecule has 0 aromatic carbocycles. The van der Waals surface area contributed by atoms with E-state index in [1.807, 2.05) is 0 Å². The molecule has 0 aromatic rings. The summed E-state index contributed by atoms with van der Waals surface area (Å²) >= 11 is 0. The van der Waals surface area contributed by atoms with Crippen LogP contribution < -0.4 is 0 Å². The van der Waals surface area contributed by atoms with E-state index in [0.29, 0.717) is 6.61 Å². The monoisotopic (exact) mass is 181 g/mol. The van der Waals surface area contributed by atoms with E-state index in [-0.39, 0.29) is 17.8 Å². The minimum atomic E-state index is -1.27. The van der Waals surface area contributed by atoms with Crippen molar-refractivity contribution in [2.45, 2.75) is 13.3 Å². The fourth-order valence-corrected chi connectivity index (χ4v) is 0.768. The SMILES string of the molecule is C=CCC(OCC)=C(C#N)C(=O)O. The second kappa shape index (κ2) is 5.84. The van der Waals surface area contributed by atoms with Gasteiger partial charge in [0.25, 0.3) is 0 Å². The fraction of sp³-hybridized carbons (Fsp3) is 0.333. The molecule has 1 N–H and O–H groups in total. The molecule has 0 radical (unpaired) electrons. The molecular formula is C9H11NO3. The van der Waals surface area contributed by atoms with Gasteiger partial charge in [0.05, 0.1) is 6.61 Å². The van der Waals surface area contributed by atoms with Crippen molar-refractivity contribution in [2.75, 3.05) is 6.61 Å². The molecule has 0 bridgehead atoms. The summed E-state index contributed by atoms with van der Waals surface area (Å²) < 4.78 is 5.00. The van der Waals surface area contributed by atoms with Crippen LogP contribution in [-0.2, 0) is 9.53 Å². The highest BCUT2D eigenvalue weighted by atomic mass is 16.5. The van der Waals surface area contributed by atoms with Gasteiger partial charge in [-0.05, 0) is 6.92 Å². The molecule has 4 heteroatoms. The topological polar surface area (TPSA) is 70.3 Å². The maximum atomic E-state index is 10.5. The van der Waals surface area contributed by atoms with Crippen molar-refractivity contribution in [1.82, 2.24) is 0 Å². The fourth-order valence-electron chi connectivity index (χ4n) is 0.768. The van der Waals surface area contributed by atoms with E-state index in [1.54, 1.807) is 13.0 Å². The minimum absolute atomic E-state index is 0.160. The molecule has 70 valence electrons. The quantitative estimate of drug-likeness (QED) is 0.301. The van der Waals surface area contributed by atoms with Crippen LogP contribution in [0.1, 0.15) is 13.3 Å². The summed E-state index contributed by atoms with van der Waals surface area (Å²) in [4.78, 5) is 10.5. The van der Waals surface area contributed by atoms with Gasteiger partial charge in [-0.3, -0.25) is 0 Å². The zero-order valence-electron chi connectivity index (χ0n) is 7.41. The van der Waals surface area contributed by atoms with Crippen molar-refractivity contribution in [2.24, 2.45) is 0 Å². The molecule has 0 saturated carbocycles. The van der Waals surface area contributed by atoms with E-state index < -0.39 is 5.97 Å².